The van der Waals surface area contributed by atoms with Crippen molar-refractivity contribution in [3.05, 3.63) is 72.7 Å². The first kappa shape index (κ1) is 17.5. The van der Waals surface area contributed by atoms with E-state index in [2.05, 4.69) is 20.7 Å². The van der Waals surface area contributed by atoms with Crippen LogP contribution in [0.25, 0.3) is 5.82 Å². The molecule has 2 N–H and O–H groups in total. The summed E-state index contributed by atoms with van der Waals surface area (Å²) in [7, 11) is 0. The molecule has 7 heteroatoms. The van der Waals surface area contributed by atoms with Crippen molar-refractivity contribution in [1.29, 1.82) is 0 Å². The van der Waals surface area contributed by atoms with Gasteiger partial charge in [-0.15, -0.1) is 0 Å². The summed E-state index contributed by atoms with van der Waals surface area (Å²) >= 11 is 0. The molecular formula is C19H21N5O2. The van der Waals surface area contributed by atoms with Gasteiger partial charge in [0, 0.05) is 31.7 Å². The van der Waals surface area contributed by atoms with E-state index in [4.69, 9.17) is 4.74 Å². The van der Waals surface area contributed by atoms with Crippen LogP contribution >= 0.6 is 0 Å². The van der Waals surface area contributed by atoms with Crippen molar-refractivity contribution in [1.82, 2.24) is 25.4 Å². The Kier molecular flexibility index (Phi) is 6.19. The first-order valence-electron chi connectivity index (χ1n) is 8.46. The molecule has 26 heavy (non-hydrogen) atoms. The van der Waals surface area contributed by atoms with Crippen molar-refractivity contribution < 1.29 is 9.53 Å². The molecule has 2 aromatic heterocycles. The van der Waals surface area contributed by atoms with Gasteiger partial charge in [-0.1, -0.05) is 18.2 Å². The van der Waals surface area contributed by atoms with Crippen LogP contribution in [0.5, 0.6) is 5.75 Å². The second-order valence-electron chi connectivity index (χ2n) is 5.60. The molecule has 0 saturated heterocycles. The van der Waals surface area contributed by atoms with Crippen LogP contribution < -0.4 is 15.4 Å². The standard InChI is InChI=1S/C19H21N5O2/c25-19(21-9-5-13-26-17-6-2-1-3-7-17)22-15-16-8-11-20-18(14-16)24-12-4-10-23-24/h1-4,6-8,10-12,14H,5,9,13,15H2,(H2,21,22,25). The van der Waals surface area contributed by atoms with Gasteiger partial charge in [0.1, 0.15) is 5.75 Å². The average molecular weight is 351 g/mol. The van der Waals surface area contributed by atoms with Gasteiger partial charge >= 0.3 is 6.03 Å². The molecule has 0 radical (unpaired) electrons. The number of nitrogens with one attached hydrogen (secondary N) is 2. The second kappa shape index (κ2) is 9.22. The number of hydrogen-bond donors (Lipinski definition) is 2. The van der Waals surface area contributed by atoms with E-state index in [1.807, 2.05) is 54.7 Å². The van der Waals surface area contributed by atoms with Crippen LogP contribution in [0.3, 0.4) is 0 Å². The van der Waals surface area contributed by atoms with Crippen LogP contribution in [0.2, 0.25) is 0 Å². The summed E-state index contributed by atoms with van der Waals surface area (Å²) in [6.45, 7) is 1.53. The van der Waals surface area contributed by atoms with Crippen LogP contribution in [0.4, 0.5) is 4.79 Å². The predicted molar refractivity (Wildman–Crippen MR) is 98.2 cm³/mol. The third-order valence-corrected chi connectivity index (χ3v) is 3.62. The number of ether oxygens (including phenoxy) is 1. The lowest BCUT2D eigenvalue weighted by molar-refractivity contribution is 0.238. The molecule has 2 amide bonds. The van der Waals surface area contributed by atoms with Crippen molar-refractivity contribution in [3.63, 3.8) is 0 Å². The molecule has 0 saturated carbocycles. The van der Waals surface area contributed by atoms with E-state index in [0.29, 0.717) is 25.5 Å². The number of aromatic nitrogens is 3. The largest absolute Gasteiger partial charge is 0.494 e. The summed E-state index contributed by atoms with van der Waals surface area (Å²) in [5.41, 5.74) is 0.952. The number of hydrogen-bond acceptors (Lipinski definition) is 4. The SMILES string of the molecule is O=C(NCCCOc1ccccc1)NCc1ccnc(-n2cccn2)c1. The summed E-state index contributed by atoms with van der Waals surface area (Å²) in [5, 5.41) is 9.80. The predicted octanol–water partition coefficient (Wildman–Crippen LogP) is 2.54. The van der Waals surface area contributed by atoms with Gasteiger partial charge in [0.05, 0.1) is 6.61 Å². The third kappa shape index (κ3) is 5.34. The minimum Gasteiger partial charge on any atom is -0.494 e. The number of amides is 2. The number of para-hydroxylation sites is 1. The molecule has 0 fully saturated rings. The Morgan fingerprint density at radius 3 is 2.77 bits per heavy atom. The quantitative estimate of drug-likeness (QED) is 0.611. The maximum absolute atomic E-state index is 11.9. The van der Waals surface area contributed by atoms with Crippen molar-refractivity contribution in [3.8, 4) is 11.6 Å². The lowest BCUT2D eigenvalue weighted by Crippen LogP contribution is -2.36. The first-order chi connectivity index (χ1) is 12.8. The van der Waals surface area contributed by atoms with E-state index < -0.39 is 0 Å². The van der Waals surface area contributed by atoms with Gasteiger partial charge in [0.2, 0.25) is 0 Å². The van der Waals surface area contributed by atoms with Crippen LogP contribution in [0.15, 0.2) is 67.1 Å². The highest BCUT2D eigenvalue weighted by Gasteiger charge is 2.03. The molecule has 0 aliphatic heterocycles. The zero-order valence-electron chi connectivity index (χ0n) is 14.3. The topological polar surface area (TPSA) is 81.1 Å². The van der Waals surface area contributed by atoms with Gasteiger partial charge in [0.25, 0.3) is 0 Å². The Morgan fingerprint density at radius 2 is 1.96 bits per heavy atom. The summed E-state index contributed by atoms with van der Waals surface area (Å²) in [5.74, 6) is 1.55. The number of urea groups is 1. The fourth-order valence-electron chi connectivity index (χ4n) is 2.33. The van der Waals surface area contributed by atoms with E-state index in [-0.39, 0.29) is 6.03 Å². The van der Waals surface area contributed by atoms with Crippen LogP contribution in [0, 0.1) is 0 Å². The third-order valence-electron chi connectivity index (χ3n) is 3.62. The number of nitrogens with zero attached hydrogens (tertiary/aromatic N) is 3. The summed E-state index contributed by atoms with van der Waals surface area (Å²) in [6.07, 6.45) is 5.96. The van der Waals surface area contributed by atoms with Gasteiger partial charge in [-0.2, -0.15) is 5.10 Å². The van der Waals surface area contributed by atoms with Crippen LogP contribution in [-0.2, 0) is 6.54 Å². The van der Waals surface area contributed by atoms with E-state index in [1.165, 1.54) is 0 Å². The van der Waals surface area contributed by atoms with Crippen molar-refractivity contribution in [2.24, 2.45) is 0 Å². The van der Waals surface area contributed by atoms with Crippen LogP contribution in [-0.4, -0.2) is 33.9 Å². The average Bonchev–Trinajstić information content (AvgIpc) is 3.22. The Labute approximate surface area is 152 Å². The minimum absolute atomic E-state index is 0.206. The smallest absolute Gasteiger partial charge is 0.315 e. The van der Waals surface area contributed by atoms with E-state index >= 15 is 0 Å². The highest BCUT2D eigenvalue weighted by Crippen LogP contribution is 2.08. The number of pyridine rings is 1. The summed E-state index contributed by atoms with van der Waals surface area (Å²) < 4.78 is 7.26. The molecule has 0 atom stereocenters. The van der Waals surface area contributed by atoms with Gasteiger partial charge in [0.15, 0.2) is 5.82 Å². The molecule has 7 nitrogen and oxygen atoms in total. The van der Waals surface area contributed by atoms with Crippen molar-refractivity contribution in [2.75, 3.05) is 13.2 Å². The Morgan fingerprint density at radius 1 is 1.08 bits per heavy atom. The van der Waals surface area contributed by atoms with Crippen molar-refractivity contribution >= 4 is 6.03 Å². The van der Waals surface area contributed by atoms with Gasteiger partial charge in [-0.05, 0) is 42.3 Å². The van der Waals surface area contributed by atoms with Gasteiger partial charge < -0.3 is 15.4 Å². The monoisotopic (exact) mass is 351 g/mol. The minimum atomic E-state index is -0.206. The van der Waals surface area contributed by atoms with E-state index in [0.717, 1.165) is 17.7 Å². The number of rotatable bonds is 8. The summed E-state index contributed by atoms with van der Waals surface area (Å²) in [4.78, 5) is 16.1. The normalized spacial score (nSPS) is 10.3. The molecular weight excluding hydrogens is 330 g/mol. The Balaban J connectivity index is 1.35. The Hall–Kier alpha value is -3.35. The number of benzene rings is 1. The maximum Gasteiger partial charge on any atom is 0.315 e. The van der Waals surface area contributed by atoms with Gasteiger partial charge in [-0.25, -0.2) is 14.5 Å². The number of carbonyl (C=O) groups excluding carboxylic acids is 1. The zero-order chi connectivity index (χ0) is 18.0. The van der Waals surface area contributed by atoms with E-state index in [9.17, 15) is 4.79 Å². The molecule has 1 aromatic carbocycles. The fraction of sp³-hybridized carbons (Fsp3) is 0.211. The molecule has 0 unspecified atom stereocenters. The molecule has 0 spiro atoms. The lowest BCUT2D eigenvalue weighted by Gasteiger charge is -2.09. The first-order valence-corrected chi connectivity index (χ1v) is 8.46. The summed E-state index contributed by atoms with van der Waals surface area (Å²) in [6, 6.07) is 15.0. The molecule has 0 aliphatic carbocycles. The second-order valence-corrected chi connectivity index (χ2v) is 5.60. The molecule has 2 heterocycles. The molecule has 134 valence electrons. The Bertz CT molecular complexity index is 806. The highest BCUT2D eigenvalue weighted by atomic mass is 16.5. The molecule has 3 aromatic rings. The fourth-order valence-corrected chi connectivity index (χ4v) is 2.33. The molecule has 3 rings (SSSR count). The van der Waals surface area contributed by atoms with Crippen molar-refractivity contribution in [2.45, 2.75) is 13.0 Å². The molecule has 0 aliphatic rings. The maximum atomic E-state index is 11.9. The van der Waals surface area contributed by atoms with Crippen LogP contribution in [0.1, 0.15) is 12.0 Å². The zero-order valence-corrected chi connectivity index (χ0v) is 14.3. The van der Waals surface area contributed by atoms with Gasteiger partial charge in [-0.3, -0.25) is 0 Å². The lowest BCUT2D eigenvalue weighted by atomic mass is 10.2. The highest BCUT2D eigenvalue weighted by molar-refractivity contribution is 5.73. The number of carbonyl (C=O) groups is 1. The van der Waals surface area contributed by atoms with E-state index in [1.54, 1.807) is 17.1 Å². The molecule has 0 bridgehead atoms.